The molecule has 0 aliphatic carbocycles. The van der Waals surface area contributed by atoms with Gasteiger partial charge in [0.25, 0.3) is 0 Å². The van der Waals surface area contributed by atoms with Crippen molar-refractivity contribution in [3.8, 4) is 17.3 Å². The third-order valence-electron chi connectivity index (χ3n) is 5.57. The molecular formula is C22H23N7O2. The molecule has 1 amide bonds. The van der Waals surface area contributed by atoms with Crippen molar-refractivity contribution in [1.29, 1.82) is 5.26 Å². The van der Waals surface area contributed by atoms with Gasteiger partial charge in [0.2, 0.25) is 12.4 Å². The normalized spacial score (nSPS) is 15.6. The minimum Gasteiger partial charge on any atom is -0.396 e. The predicted molar refractivity (Wildman–Crippen MR) is 114 cm³/mol. The highest BCUT2D eigenvalue weighted by molar-refractivity contribution is 5.61. The Kier molecular flexibility index (Phi) is 5.64. The van der Waals surface area contributed by atoms with Gasteiger partial charge in [-0.3, -0.25) is 9.78 Å². The van der Waals surface area contributed by atoms with Crippen molar-refractivity contribution >= 4 is 18.0 Å². The molecule has 1 atom stereocenters. The summed E-state index contributed by atoms with van der Waals surface area (Å²) < 4.78 is 2.01. The molecule has 2 N–H and O–H groups in total. The number of nitrogens with zero attached hydrogens (tertiary/aromatic N) is 6. The molecule has 9 nitrogen and oxygen atoms in total. The van der Waals surface area contributed by atoms with Gasteiger partial charge in [0, 0.05) is 48.9 Å². The van der Waals surface area contributed by atoms with E-state index < -0.39 is 0 Å². The first-order valence-corrected chi connectivity index (χ1v) is 9.99. The van der Waals surface area contributed by atoms with E-state index in [4.69, 9.17) is 0 Å². The first-order chi connectivity index (χ1) is 15.1. The number of amides is 1. The standard InChI is InChI=1S/C22H23N7O2/c1-16(12-30)19-3-2-18(10-25-19)26-21-24-8-4-20(27-21)17-5-9-29(11-17)22(6-7-23)13-28(14-22)15-31/h2-5,8-11,15-16,30H,6,12-14H2,1H3,(H,24,26,27). The fraction of sp³-hybridized carbons (Fsp3) is 0.318. The van der Waals surface area contributed by atoms with Gasteiger partial charge in [-0.2, -0.15) is 5.26 Å². The van der Waals surface area contributed by atoms with Crippen molar-refractivity contribution in [3.63, 3.8) is 0 Å². The molecule has 0 radical (unpaired) electrons. The van der Waals surface area contributed by atoms with Crippen molar-refractivity contribution in [2.24, 2.45) is 0 Å². The van der Waals surface area contributed by atoms with Crippen LogP contribution in [0.25, 0.3) is 11.3 Å². The van der Waals surface area contributed by atoms with Gasteiger partial charge in [0.15, 0.2) is 0 Å². The van der Waals surface area contributed by atoms with Crippen molar-refractivity contribution < 1.29 is 9.90 Å². The molecule has 9 heteroatoms. The highest BCUT2D eigenvalue weighted by Gasteiger charge is 2.43. The van der Waals surface area contributed by atoms with Crippen LogP contribution in [-0.2, 0) is 10.3 Å². The van der Waals surface area contributed by atoms with Crippen LogP contribution in [0, 0.1) is 11.3 Å². The summed E-state index contributed by atoms with van der Waals surface area (Å²) in [5, 5.41) is 21.6. The number of hydrogen-bond donors (Lipinski definition) is 2. The highest BCUT2D eigenvalue weighted by Crippen LogP contribution is 2.33. The van der Waals surface area contributed by atoms with Crippen LogP contribution in [0.5, 0.6) is 0 Å². The van der Waals surface area contributed by atoms with Crippen molar-refractivity contribution in [2.45, 2.75) is 24.8 Å². The maximum absolute atomic E-state index is 11.0. The molecule has 158 valence electrons. The lowest BCUT2D eigenvalue weighted by Crippen LogP contribution is -2.61. The summed E-state index contributed by atoms with van der Waals surface area (Å²) in [6.07, 6.45) is 8.40. The second kappa shape index (κ2) is 8.53. The van der Waals surface area contributed by atoms with E-state index in [1.807, 2.05) is 48.1 Å². The minimum atomic E-state index is -0.388. The number of hydrogen-bond acceptors (Lipinski definition) is 7. The lowest BCUT2D eigenvalue weighted by molar-refractivity contribution is -0.127. The number of rotatable bonds is 8. The molecule has 1 aliphatic heterocycles. The molecule has 0 spiro atoms. The number of aromatic nitrogens is 4. The summed E-state index contributed by atoms with van der Waals surface area (Å²) in [4.78, 5) is 25.9. The van der Waals surface area contributed by atoms with Crippen molar-refractivity contribution in [3.05, 3.63) is 54.7 Å². The van der Waals surface area contributed by atoms with Crippen LogP contribution in [0.2, 0.25) is 0 Å². The Labute approximate surface area is 180 Å². The number of anilines is 2. The Morgan fingerprint density at radius 1 is 1.32 bits per heavy atom. The average Bonchev–Trinajstić information content (AvgIpc) is 3.27. The van der Waals surface area contributed by atoms with Gasteiger partial charge >= 0.3 is 0 Å². The Bertz CT molecular complexity index is 1100. The summed E-state index contributed by atoms with van der Waals surface area (Å²) in [6, 6.07) is 9.75. The van der Waals surface area contributed by atoms with E-state index in [9.17, 15) is 15.2 Å². The second-order valence-corrected chi connectivity index (χ2v) is 7.82. The van der Waals surface area contributed by atoms with Crippen molar-refractivity contribution in [2.75, 3.05) is 25.0 Å². The molecule has 1 aliphatic rings. The number of carbonyl (C=O) groups is 1. The fourth-order valence-corrected chi connectivity index (χ4v) is 3.71. The maximum Gasteiger partial charge on any atom is 0.227 e. The number of likely N-dealkylation sites (tertiary alicyclic amines) is 1. The molecule has 0 saturated carbocycles. The summed E-state index contributed by atoms with van der Waals surface area (Å²) in [7, 11) is 0. The van der Waals surface area contributed by atoms with Gasteiger partial charge in [-0.05, 0) is 24.3 Å². The smallest absolute Gasteiger partial charge is 0.227 e. The molecule has 31 heavy (non-hydrogen) atoms. The van der Waals surface area contributed by atoms with Gasteiger partial charge in [-0.25, -0.2) is 9.97 Å². The van der Waals surface area contributed by atoms with E-state index in [1.165, 1.54) is 0 Å². The zero-order valence-electron chi connectivity index (χ0n) is 17.1. The molecule has 3 aromatic heterocycles. The van der Waals surface area contributed by atoms with Crippen LogP contribution >= 0.6 is 0 Å². The Balaban J connectivity index is 1.51. The number of pyridine rings is 1. The minimum absolute atomic E-state index is 0.0173. The molecule has 1 unspecified atom stereocenters. The molecule has 0 bridgehead atoms. The molecule has 3 aromatic rings. The molecule has 1 saturated heterocycles. The van der Waals surface area contributed by atoms with Crippen LogP contribution in [0.15, 0.2) is 49.1 Å². The number of carbonyl (C=O) groups excluding carboxylic acids is 1. The van der Waals surface area contributed by atoms with Crippen LogP contribution in [0.4, 0.5) is 11.6 Å². The molecular weight excluding hydrogens is 394 g/mol. The average molecular weight is 417 g/mol. The summed E-state index contributed by atoms with van der Waals surface area (Å²) >= 11 is 0. The first kappa shape index (κ1) is 20.5. The van der Waals surface area contributed by atoms with Crippen molar-refractivity contribution in [1.82, 2.24) is 24.4 Å². The van der Waals surface area contributed by atoms with E-state index in [0.717, 1.165) is 29.0 Å². The van der Waals surface area contributed by atoms with E-state index >= 15 is 0 Å². The number of nitriles is 1. The molecule has 4 rings (SSSR count). The largest absolute Gasteiger partial charge is 0.396 e. The van der Waals surface area contributed by atoms with Gasteiger partial charge < -0.3 is 19.9 Å². The zero-order chi connectivity index (χ0) is 21.8. The predicted octanol–water partition coefficient (Wildman–Crippen LogP) is 2.26. The number of nitrogens with one attached hydrogen (secondary N) is 1. The van der Waals surface area contributed by atoms with Crippen LogP contribution in [0.1, 0.15) is 25.0 Å². The van der Waals surface area contributed by atoms with E-state index in [0.29, 0.717) is 25.5 Å². The zero-order valence-corrected chi connectivity index (χ0v) is 17.1. The Morgan fingerprint density at radius 2 is 2.16 bits per heavy atom. The van der Waals surface area contributed by atoms with E-state index in [1.54, 1.807) is 17.3 Å². The highest BCUT2D eigenvalue weighted by atomic mass is 16.3. The summed E-state index contributed by atoms with van der Waals surface area (Å²) in [5.74, 6) is 0.425. The van der Waals surface area contributed by atoms with Gasteiger partial charge in [-0.15, -0.1) is 0 Å². The summed E-state index contributed by atoms with van der Waals surface area (Å²) in [6.45, 7) is 3.00. The van der Waals surface area contributed by atoms with Gasteiger partial charge in [-0.1, -0.05) is 6.92 Å². The topological polar surface area (TPSA) is 120 Å². The monoisotopic (exact) mass is 417 g/mol. The fourth-order valence-electron chi connectivity index (χ4n) is 3.71. The van der Waals surface area contributed by atoms with E-state index in [2.05, 4.69) is 26.3 Å². The Morgan fingerprint density at radius 3 is 2.84 bits per heavy atom. The third kappa shape index (κ3) is 4.11. The lowest BCUT2D eigenvalue weighted by atomic mass is 9.87. The van der Waals surface area contributed by atoms with Gasteiger partial charge in [0.05, 0.1) is 42.2 Å². The SMILES string of the molecule is CC(CO)c1ccc(Nc2nccc(-c3ccn(C4(CC#N)CN(C=O)C4)c3)n2)cn1. The Hall–Kier alpha value is -3.77. The maximum atomic E-state index is 11.0. The second-order valence-electron chi connectivity index (χ2n) is 7.82. The van der Waals surface area contributed by atoms with Crippen LogP contribution in [-0.4, -0.2) is 55.6 Å². The van der Waals surface area contributed by atoms with Crippen LogP contribution < -0.4 is 5.32 Å². The lowest BCUT2D eigenvalue weighted by Gasteiger charge is -2.48. The first-order valence-electron chi connectivity index (χ1n) is 9.99. The number of aliphatic hydroxyl groups excluding tert-OH is 1. The molecule has 4 heterocycles. The van der Waals surface area contributed by atoms with E-state index in [-0.39, 0.29) is 18.1 Å². The molecule has 1 fully saturated rings. The number of aliphatic hydroxyl groups is 1. The summed E-state index contributed by atoms with van der Waals surface area (Å²) in [5.41, 5.74) is 2.83. The van der Waals surface area contributed by atoms with Crippen LogP contribution in [0.3, 0.4) is 0 Å². The molecule has 0 aromatic carbocycles. The third-order valence-corrected chi connectivity index (χ3v) is 5.57. The van der Waals surface area contributed by atoms with Gasteiger partial charge in [0.1, 0.15) is 0 Å². The quantitative estimate of drug-likeness (QED) is 0.539.